The Morgan fingerprint density at radius 3 is 2.16 bits per heavy atom. The van der Waals surface area contributed by atoms with Crippen molar-refractivity contribution in [2.75, 3.05) is 26.3 Å². The minimum atomic E-state index is -0.633. The number of carbonyl (C=O) groups excluding carboxylic acids is 1. The van der Waals surface area contributed by atoms with Crippen LogP contribution in [0.25, 0.3) is 0 Å². The summed E-state index contributed by atoms with van der Waals surface area (Å²) in [6.07, 6.45) is 0.902. The maximum atomic E-state index is 11.4. The van der Waals surface area contributed by atoms with Gasteiger partial charge in [-0.1, -0.05) is 6.92 Å². The number of hydrogen-bond acceptors (Lipinski definition) is 5. The summed E-state index contributed by atoms with van der Waals surface area (Å²) in [6.45, 7) is 8.20. The summed E-state index contributed by atoms with van der Waals surface area (Å²) < 4.78 is 5.10. The van der Waals surface area contributed by atoms with Gasteiger partial charge in [0.25, 0.3) is 0 Å². The highest BCUT2D eigenvalue weighted by molar-refractivity contribution is 5.67. The van der Waals surface area contributed by atoms with Crippen LogP contribution in [0.5, 0.6) is 0 Å². The van der Waals surface area contributed by atoms with E-state index in [2.05, 4.69) is 10.6 Å². The molecule has 0 aliphatic carbocycles. The van der Waals surface area contributed by atoms with Crippen LogP contribution < -0.4 is 10.6 Å². The predicted octanol–water partition coefficient (Wildman–Crippen LogP) is 0.624. The lowest BCUT2D eigenvalue weighted by atomic mass is 9.98. The number of hydrogen-bond donors (Lipinski definition) is 4. The molecule has 19 heavy (non-hydrogen) atoms. The molecule has 1 amide bonds. The number of nitrogens with one attached hydrogen (secondary N) is 2. The Hall–Kier alpha value is -0.850. The van der Waals surface area contributed by atoms with E-state index in [0.717, 1.165) is 0 Å². The third-order valence-corrected chi connectivity index (χ3v) is 2.80. The molecule has 0 bridgehead atoms. The van der Waals surface area contributed by atoms with E-state index in [0.29, 0.717) is 25.9 Å². The number of ether oxygens (including phenoxy) is 1. The number of alkyl carbamates (subject to hydrolysis) is 1. The molecule has 0 spiro atoms. The van der Waals surface area contributed by atoms with E-state index in [1.165, 1.54) is 0 Å². The van der Waals surface area contributed by atoms with Gasteiger partial charge in [-0.05, 0) is 40.2 Å². The van der Waals surface area contributed by atoms with Gasteiger partial charge in [0.15, 0.2) is 0 Å². The first-order valence-corrected chi connectivity index (χ1v) is 6.72. The molecule has 0 fully saturated rings. The molecule has 0 aromatic heterocycles. The maximum Gasteiger partial charge on any atom is 0.407 e. The Morgan fingerprint density at radius 1 is 1.16 bits per heavy atom. The Kier molecular flexibility index (Phi) is 7.97. The van der Waals surface area contributed by atoms with Crippen LogP contribution in [-0.2, 0) is 4.74 Å². The molecule has 0 radical (unpaired) electrons. The normalized spacial score (nSPS) is 12.3. The minimum absolute atomic E-state index is 0.112. The average Bonchev–Trinajstić information content (AvgIpc) is 2.32. The molecule has 0 saturated heterocycles. The highest BCUT2D eigenvalue weighted by atomic mass is 16.6. The Bertz CT molecular complexity index is 252. The zero-order valence-electron chi connectivity index (χ0n) is 12.5. The van der Waals surface area contributed by atoms with E-state index >= 15 is 0 Å². The van der Waals surface area contributed by atoms with E-state index in [9.17, 15) is 15.0 Å². The van der Waals surface area contributed by atoms with E-state index in [4.69, 9.17) is 4.74 Å². The first-order valence-electron chi connectivity index (χ1n) is 6.72. The van der Waals surface area contributed by atoms with E-state index in [1.54, 1.807) is 0 Å². The topological polar surface area (TPSA) is 90.8 Å². The summed E-state index contributed by atoms with van der Waals surface area (Å²) in [4.78, 5) is 11.4. The molecule has 0 atom stereocenters. The molecule has 0 aliphatic rings. The van der Waals surface area contributed by atoms with E-state index in [-0.39, 0.29) is 13.2 Å². The Balaban J connectivity index is 3.79. The van der Waals surface area contributed by atoms with Crippen LogP contribution in [-0.4, -0.2) is 53.7 Å². The predicted molar refractivity (Wildman–Crippen MR) is 74.1 cm³/mol. The summed E-state index contributed by atoms with van der Waals surface area (Å²) >= 11 is 0. The van der Waals surface area contributed by atoms with Gasteiger partial charge in [0, 0.05) is 6.54 Å². The van der Waals surface area contributed by atoms with Gasteiger partial charge in [-0.2, -0.15) is 0 Å². The third-order valence-electron chi connectivity index (χ3n) is 2.80. The highest BCUT2D eigenvalue weighted by Crippen LogP contribution is 2.08. The summed E-state index contributed by atoms with van der Waals surface area (Å²) in [7, 11) is 0. The van der Waals surface area contributed by atoms with Crippen LogP contribution in [0.3, 0.4) is 0 Å². The van der Waals surface area contributed by atoms with Gasteiger partial charge >= 0.3 is 6.09 Å². The second kappa shape index (κ2) is 8.35. The van der Waals surface area contributed by atoms with E-state index in [1.807, 2.05) is 27.7 Å². The van der Waals surface area contributed by atoms with Crippen LogP contribution in [0.2, 0.25) is 0 Å². The van der Waals surface area contributed by atoms with Crippen LogP contribution in [0.1, 0.15) is 40.5 Å². The second-order valence-electron chi connectivity index (χ2n) is 5.66. The van der Waals surface area contributed by atoms with Gasteiger partial charge < -0.3 is 25.6 Å². The van der Waals surface area contributed by atoms with Crippen LogP contribution in [0, 0.1) is 0 Å². The molecular formula is C13H28N2O4. The molecule has 0 rings (SSSR count). The molecule has 114 valence electrons. The molecule has 0 aliphatic heterocycles. The van der Waals surface area contributed by atoms with Gasteiger partial charge in [0.2, 0.25) is 0 Å². The van der Waals surface area contributed by atoms with Gasteiger partial charge in [-0.3, -0.25) is 0 Å². The molecule has 4 N–H and O–H groups in total. The monoisotopic (exact) mass is 276 g/mol. The fraction of sp³-hybridized carbons (Fsp3) is 0.923. The third kappa shape index (κ3) is 8.02. The quantitative estimate of drug-likeness (QED) is 0.488. The largest absolute Gasteiger partial charge is 0.444 e. The molecule has 6 nitrogen and oxygen atoms in total. The number of aliphatic hydroxyl groups is 2. The molecule has 0 unspecified atom stereocenters. The molecular weight excluding hydrogens is 248 g/mol. The zero-order valence-corrected chi connectivity index (χ0v) is 12.5. The number of rotatable bonds is 8. The van der Waals surface area contributed by atoms with Crippen LogP contribution >= 0.6 is 0 Å². The van der Waals surface area contributed by atoms with Crippen molar-refractivity contribution in [2.24, 2.45) is 0 Å². The Labute approximate surface area is 115 Å². The van der Waals surface area contributed by atoms with E-state index < -0.39 is 17.2 Å². The minimum Gasteiger partial charge on any atom is -0.444 e. The van der Waals surface area contributed by atoms with Gasteiger partial charge in [0.1, 0.15) is 5.60 Å². The fourth-order valence-electron chi connectivity index (χ4n) is 1.46. The smallest absolute Gasteiger partial charge is 0.407 e. The average molecular weight is 276 g/mol. The van der Waals surface area contributed by atoms with Crippen molar-refractivity contribution in [3.05, 3.63) is 0 Å². The lowest BCUT2D eigenvalue weighted by Gasteiger charge is -2.29. The zero-order chi connectivity index (χ0) is 14.9. The summed E-state index contributed by atoms with van der Waals surface area (Å²) in [5.41, 5.74) is -1.13. The van der Waals surface area contributed by atoms with Crippen molar-refractivity contribution in [1.29, 1.82) is 0 Å². The van der Waals surface area contributed by atoms with Gasteiger partial charge in [0.05, 0.1) is 18.8 Å². The van der Waals surface area contributed by atoms with Crippen molar-refractivity contribution >= 4 is 6.09 Å². The number of carbonyl (C=O) groups is 1. The number of aliphatic hydroxyl groups excluding tert-OH is 2. The standard InChI is InChI=1S/C13H28N2O4/c1-5-13(9-16,10-17)15-8-6-7-14-11(18)19-12(2,3)4/h15-17H,5-10H2,1-4H3,(H,14,18). The SMILES string of the molecule is CCC(CO)(CO)NCCCNC(=O)OC(C)(C)C. The molecule has 0 saturated carbocycles. The van der Waals surface area contributed by atoms with Crippen molar-refractivity contribution in [3.8, 4) is 0 Å². The van der Waals surface area contributed by atoms with Gasteiger partial charge in [-0.15, -0.1) is 0 Å². The van der Waals surface area contributed by atoms with Crippen molar-refractivity contribution in [3.63, 3.8) is 0 Å². The first-order chi connectivity index (χ1) is 8.78. The highest BCUT2D eigenvalue weighted by Gasteiger charge is 2.25. The summed E-state index contributed by atoms with van der Waals surface area (Å²) in [6, 6.07) is 0. The Morgan fingerprint density at radius 2 is 1.74 bits per heavy atom. The first kappa shape index (κ1) is 18.1. The summed E-state index contributed by atoms with van der Waals surface area (Å²) in [5.74, 6) is 0. The van der Waals surface area contributed by atoms with Crippen molar-refractivity contribution in [2.45, 2.75) is 51.7 Å². The fourth-order valence-corrected chi connectivity index (χ4v) is 1.46. The van der Waals surface area contributed by atoms with Crippen LogP contribution in [0.4, 0.5) is 4.79 Å². The van der Waals surface area contributed by atoms with Crippen molar-refractivity contribution < 1.29 is 19.7 Å². The molecule has 6 heteroatoms. The lowest BCUT2D eigenvalue weighted by Crippen LogP contribution is -2.51. The van der Waals surface area contributed by atoms with Crippen LogP contribution in [0.15, 0.2) is 0 Å². The second-order valence-corrected chi connectivity index (χ2v) is 5.66. The molecule has 0 aromatic carbocycles. The number of amides is 1. The molecule has 0 heterocycles. The van der Waals surface area contributed by atoms with Crippen molar-refractivity contribution in [1.82, 2.24) is 10.6 Å². The molecule has 0 aromatic rings. The summed E-state index contributed by atoms with van der Waals surface area (Å²) in [5, 5.41) is 24.2. The lowest BCUT2D eigenvalue weighted by molar-refractivity contribution is 0.0524. The maximum absolute atomic E-state index is 11.4. The van der Waals surface area contributed by atoms with Gasteiger partial charge in [-0.25, -0.2) is 4.79 Å².